The lowest BCUT2D eigenvalue weighted by atomic mass is 9.95. The molecule has 5 rings (SSSR count). The van der Waals surface area contributed by atoms with E-state index in [2.05, 4.69) is 34.1 Å². The van der Waals surface area contributed by atoms with Gasteiger partial charge in [0.05, 0.1) is 23.2 Å². The SMILES string of the molecule is Cc1ccc(S(=O)(=O)N[C@H](c2ccccc2)[C@H](NP(=S)(c2ccccc2)c2ccccc2)c2ccccc2)cc1. The Balaban J connectivity index is 1.67. The lowest BCUT2D eigenvalue weighted by Gasteiger charge is -2.35. The predicted octanol–water partition coefficient (Wildman–Crippen LogP) is 6.39. The van der Waals surface area contributed by atoms with Crippen LogP contribution in [0.25, 0.3) is 0 Å². The standard InChI is InChI=1S/C33H31N2O2PS2/c1-26-22-24-31(25-23-26)40(36,37)35-33(28-16-8-3-9-17-28)32(27-14-6-2-7-15-27)34-38(39,29-18-10-4-11-19-29)30-20-12-5-13-21-30/h2-25,32-33,35H,1H3,(H,34,39)/t32-,33-/m1/s1. The number of hydrogen-bond donors (Lipinski definition) is 2. The molecule has 202 valence electrons. The highest BCUT2D eigenvalue weighted by Crippen LogP contribution is 2.45. The largest absolute Gasteiger partial charge is 0.273 e. The second-order valence-electron chi connectivity index (χ2n) is 9.62. The zero-order chi connectivity index (χ0) is 28.0. The Kier molecular flexibility index (Phi) is 8.75. The summed E-state index contributed by atoms with van der Waals surface area (Å²) in [6, 6.07) is 45.5. The quantitative estimate of drug-likeness (QED) is 0.187. The summed E-state index contributed by atoms with van der Waals surface area (Å²) in [7, 11) is -3.87. The molecule has 0 heterocycles. The van der Waals surface area contributed by atoms with Gasteiger partial charge in [-0.3, -0.25) is 5.09 Å². The number of rotatable bonds is 10. The molecule has 0 saturated heterocycles. The molecule has 2 atom stereocenters. The maximum atomic E-state index is 13.8. The molecule has 0 unspecified atom stereocenters. The fourth-order valence-corrected chi connectivity index (χ4v) is 9.49. The van der Waals surface area contributed by atoms with Crippen molar-refractivity contribution in [2.45, 2.75) is 23.9 Å². The van der Waals surface area contributed by atoms with Gasteiger partial charge in [-0.05, 0) is 30.2 Å². The Morgan fingerprint density at radius 2 is 0.975 bits per heavy atom. The molecule has 5 aromatic carbocycles. The van der Waals surface area contributed by atoms with Gasteiger partial charge in [-0.15, -0.1) is 0 Å². The summed E-state index contributed by atoms with van der Waals surface area (Å²) in [4.78, 5) is 0.219. The molecule has 0 radical (unpaired) electrons. The summed E-state index contributed by atoms with van der Waals surface area (Å²) in [6.45, 7) is 1.94. The molecule has 0 amide bonds. The third-order valence-electron chi connectivity index (χ3n) is 6.82. The molecule has 0 saturated carbocycles. The van der Waals surface area contributed by atoms with Crippen LogP contribution in [0, 0.1) is 6.92 Å². The molecule has 0 fully saturated rings. The fraction of sp³-hybridized carbons (Fsp3) is 0.0909. The predicted molar refractivity (Wildman–Crippen MR) is 169 cm³/mol. The first-order valence-electron chi connectivity index (χ1n) is 13.0. The van der Waals surface area contributed by atoms with E-state index in [0.29, 0.717) is 0 Å². The Bertz CT molecular complexity index is 1640. The van der Waals surface area contributed by atoms with Gasteiger partial charge >= 0.3 is 0 Å². The van der Waals surface area contributed by atoms with E-state index in [1.807, 2.05) is 116 Å². The molecule has 7 heteroatoms. The molecular formula is C33H31N2O2PS2. The first kappa shape index (κ1) is 28.2. The van der Waals surface area contributed by atoms with Gasteiger partial charge in [0, 0.05) is 10.6 Å². The van der Waals surface area contributed by atoms with Crippen molar-refractivity contribution in [2.75, 3.05) is 0 Å². The second kappa shape index (κ2) is 12.4. The van der Waals surface area contributed by atoms with E-state index in [1.165, 1.54) is 0 Å². The van der Waals surface area contributed by atoms with Crippen LogP contribution in [-0.4, -0.2) is 8.42 Å². The maximum Gasteiger partial charge on any atom is 0.241 e. The van der Waals surface area contributed by atoms with Crippen molar-refractivity contribution in [3.63, 3.8) is 0 Å². The Labute approximate surface area is 242 Å². The summed E-state index contributed by atoms with van der Waals surface area (Å²) in [5.74, 6) is 0. The van der Waals surface area contributed by atoms with Crippen molar-refractivity contribution < 1.29 is 8.42 Å². The number of sulfonamides is 1. The highest BCUT2D eigenvalue weighted by molar-refractivity contribution is 8.20. The van der Waals surface area contributed by atoms with E-state index in [-0.39, 0.29) is 4.90 Å². The first-order chi connectivity index (χ1) is 19.4. The van der Waals surface area contributed by atoms with Crippen LogP contribution in [0.2, 0.25) is 0 Å². The van der Waals surface area contributed by atoms with Crippen molar-refractivity contribution in [2.24, 2.45) is 0 Å². The minimum absolute atomic E-state index is 0.219. The number of nitrogens with one attached hydrogen (secondary N) is 2. The third kappa shape index (κ3) is 6.33. The van der Waals surface area contributed by atoms with Gasteiger partial charge in [0.15, 0.2) is 0 Å². The third-order valence-corrected chi connectivity index (χ3v) is 12.6. The van der Waals surface area contributed by atoms with Crippen LogP contribution in [0.5, 0.6) is 0 Å². The van der Waals surface area contributed by atoms with Crippen molar-refractivity contribution in [1.29, 1.82) is 0 Å². The monoisotopic (exact) mass is 582 g/mol. The summed E-state index contributed by atoms with van der Waals surface area (Å²) in [6.07, 6.45) is -2.62. The van der Waals surface area contributed by atoms with E-state index >= 15 is 0 Å². The van der Waals surface area contributed by atoms with Gasteiger partial charge in [0.25, 0.3) is 0 Å². The second-order valence-corrected chi connectivity index (χ2v) is 15.5. The summed E-state index contributed by atoms with van der Waals surface area (Å²) >= 11 is 6.55. The normalized spacial score (nSPS) is 13.4. The molecule has 0 aliphatic carbocycles. The van der Waals surface area contributed by atoms with Gasteiger partial charge in [0.2, 0.25) is 10.0 Å². The summed E-state index contributed by atoms with van der Waals surface area (Å²) < 4.78 is 30.7. The molecular weight excluding hydrogens is 551 g/mol. The molecule has 0 aliphatic rings. The van der Waals surface area contributed by atoms with Crippen LogP contribution in [0.4, 0.5) is 0 Å². The van der Waals surface area contributed by atoms with Gasteiger partial charge < -0.3 is 0 Å². The summed E-state index contributed by atoms with van der Waals surface area (Å²) in [5.41, 5.74) is 2.76. The van der Waals surface area contributed by atoms with E-state index in [0.717, 1.165) is 27.3 Å². The van der Waals surface area contributed by atoms with E-state index < -0.39 is 28.3 Å². The molecule has 0 aromatic heterocycles. The van der Waals surface area contributed by atoms with Gasteiger partial charge in [-0.1, -0.05) is 151 Å². The number of aryl methyl sites for hydroxylation is 1. The minimum Gasteiger partial charge on any atom is -0.273 e. The zero-order valence-electron chi connectivity index (χ0n) is 22.1. The molecule has 4 nitrogen and oxygen atoms in total. The Morgan fingerprint density at radius 1 is 0.575 bits per heavy atom. The van der Waals surface area contributed by atoms with Crippen LogP contribution in [0.1, 0.15) is 28.8 Å². The van der Waals surface area contributed by atoms with Crippen LogP contribution >= 0.6 is 6.19 Å². The summed E-state index contributed by atoms with van der Waals surface area (Å²) in [5, 5.41) is 5.87. The van der Waals surface area contributed by atoms with Crippen LogP contribution in [0.15, 0.2) is 150 Å². The molecule has 0 aliphatic heterocycles. The van der Waals surface area contributed by atoms with Crippen LogP contribution < -0.4 is 20.4 Å². The maximum absolute atomic E-state index is 13.8. The van der Waals surface area contributed by atoms with Crippen molar-refractivity contribution in [3.8, 4) is 0 Å². The van der Waals surface area contributed by atoms with Gasteiger partial charge in [0.1, 0.15) is 0 Å². The van der Waals surface area contributed by atoms with Crippen LogP contribution in [0.3, 0.4) is 0 Å². The fourth-order valence-electron chi connectivity index (χ4n) is 4.71. The Morgan fingerprint density at radius 3 is 1.43 bits per heavy atom. The van der Waals surface area contributed by atoms with Crippen molar-refractivity contribution in [3.05, 3.63) is 162 Å². The molecule has 5 aromatic rings. The highest BCUT2D eigenvalue weighted by Gasteiger charge is 2.34. The highest BCUT2D eigenvalue weighted by atomic mass is 32.4. The van der Waals surface area contributed by atoms with Crippen molar-refractivity contribution in [1.82, 2.24) is 9.81 Å². The molecule has 0 spiro atoms. The Hall–Kier alpha value is -3.38. The molecule has 40 heavy (non-hydrogen) atoms. The zero-order valence-corrected chi connectivity index (χ0v) is 24.6. The number of benzene rings is 5. The minimum atomic E-state index is -3.87. The smallest absolute Gasteiger partial charge is 0.241 e. The van der Waals surface area contributed by atoms with E-state index in [9.17, 15) is 8.42 Å². The van der Waals surface area contributed by atoms with Gasteiger partial charge in [-0.25, -0.2) is 13.1 Å². The van der Waals surface area contributed by atoms with Crippen molar-refractivity contribution >= 4 is 38.6 Å². The lowest BCUT2D eigenvalue weighted by Crippen LogP contribution is -2.40. The van der Waals surface area contributed by atoms with Gasteiger partial charge in [-0.2, -0.15) is 0 Å². The molecule has 2 N–H and O–H groups in total. The van der Waals surface area contributed by atoms with E-state index in [4.69, 9.17) is 11.8 Å². The first-order valence-corrected chi connectivity index (χ1v) is 17.3. The van der Waals surface area contributed by atoms with Crippen LogP contribution in [-0.2, 0) is 21.8 Å². The topological polar surface area (TPSA) is 58.2 Å². The average molecular weight is 583 g/mol. The molecule has 0 bridgehead atoms. The average Bonchev–Trinajstić information content (AvgIpc) is 3.01. The lowest BCUT2D eigenvalue weighted by molar-refractivity contribution is 0.483. The van der Waals surface area contributed by atoms with E-state index in [1.54, 1.807) is 12.1 Å². The number of hydrogen-bond acceptors (Lipinski definition) is 3.